The highest BCUT2D eigenvalue weighted by Gasteiger charge is 2.44. The van der Waals surface area contributed by atoms with Gasteiger partial charge in [-0.3, -0.25) is 0 Å². The normalized spacial score (nSPS) is 24.4. The molecule has 0 amide bonds. The first-order chi connectivity index (χ1) is 21.8. The van der Waals surface area contributed by atoms with Crippen molar-refractivity contribution in [1.82, 2.24) is 9.78 Å². The average molecular weight is 624 g/mol. The third-order valence-electron chi connectivity index (χ3n) is 11.2. The zero-order valence-electron chi connectivity index (χ0n) is 26.3. The van der Waals surface area contributed by atoms with Crippen molar-refractivity contribution in [1.29, 1.82) is 0 Å². The van der Waals surface area contributed by atoms with Crippen molar-refractivity contribution < 1.29 is 26.6 Å². The van der Waals surface area contributed by atoms with E-state index in [0.29, 0.717) is 18.4 Å². The summed E-state index contributed by atoms with van der Waals surface area (Å²) < 4.78 is 50.3. The molecule has 8 rings (SSSR count). The maximum atomic E-state index is 9.75. The predicted molar refractivity (Wildman–Crippen MR) is 168 cm³/mol. The molecular weight excluding hydrogens is 577 g/mol. The van der Waals surface area contributed by atoms with Crippen LogP contribution in [-0.2, 0) is 17.8 Å². The summed E-state index contributed by atoms with van der Waals surface area (Å²) in [6.45, 7) is 0.611. The summed E-state index contributed by atoms with van der Waals surface area (Å²) in [6, 6.07) is 14.6. The lowest BCUT2D eigenvalue weighted by molar-refractivity contribution is -0.739. The van der Waals surface area contributed by atoms with Gasteiger partial charge < -0.3 is 22.0 Å². The Kier molecular flexibility index (Phi) is 9.09. The van der Waals surface area contributed by atoms with Gasteiger partial charge in [-0.1, -0.05) is 98.9 Å². The van der Waals surface area contributed by atoms with E-state index in [9.17, 15) is 17.3 Å². The molecule has 0 unspecified atom stereocenters. The van der Waals surface area contributed by atoms with Crippen LogP contribution in [0.15, 0.2) is 42.7 Å². The van der Waals surface area contributed by atoms with E-state index in [1.54, 1.807) is 16.7 Å². The standard InChI is InChI=1S/C36H46N3O.BF4/c1-4-12-25(13-5-1)29-20-31(26-14-6-2-7-15-26)35(32(21-29)27-16-8-3-9-17-27)39-24-38-34(37-39)23-40-33-22-28-18-10-11-19-30(28)36(33)38;2-1(3,4)5/h10-11,18-21,24-27,33,36H,1-9,12-17,22-23H2;/q+1;-1/t33-,36+;/m1./s1. The van der Waals surface area contributed by atoms with Gasteiger partial charge >= 0.3 is 13.1 Å². The molecule has 0 bridgehead atoms. The number of nitrogens with zero attached hydrogens (tertiary/aromatic N) is 3. The lowest BCUT2D eigenvalue weighted by Gasteiger charge is -2.31. The first-order valence-electron chi connectivity index (χ1n) is 17.6. The smallest absolute Gasteiger partial charge is 0.418 e. The molecule has 1 aromatic heterocycles. The zero-order valence-corrected chi connectivity index (χ0v) is 26.3. The van der Waals surface area contributed by atoms with Gasteiger partial charge in [-0.15, -0.1) is 0 Å². The Morgan fingerprint density at radius 3 is 1.82 bits per heavy atom. The molecule has 242 valence electrons. The molecule has 5 aliphatic rings. The van der Waals surface area contributed by atoms with Gasteiger partial charge in [0.25, 0.3) is 0 Å². The molecule has 0 spiro atoms. The second-order valence-corrected chi connectivity index (χ2v) is 14.1. The maximum absolute atomic E-state index is 9.75. The number of aromatic nitrogens is 3. The topological polar surface area (TPSA) is 30.9 Å². The summed E-state index contributed by atoms with van der Waals surface area (Å²) >= 11 is 0. The van der Waals surface area contributed by atoms with E-state index in [0.717, 1.165) is 18.2 Å². The number of hydrogen-bond acceptors (Lipinski definition) is 2. The van der Waals surface area contributed by atoms with Gasteiger partial charge in [0, 0.05) is 11.5 Å². The molecule has 3 saturated carbocycles. The minimum Gasteiger partial charge on any atom is -0.418 e. The van der Waals surface area contributed by atoms with Crippen molar-refractivity contribution in [2.75, 3.05) is 0 Å². The molecule has 4 nitrogen and oxygen atoms in total. The minimum atomic E-state index is -6.00. The van der Waals surface area contributed by atoms with E-state index in [2.05, 4.69) is 52.0 Å². The molecule has 1 aliphatic heterocycles. The van der Waals surface area contributed by atoms with Crippen molar-refractivity contribution in [2.24, 2.45) is 0 Å². The monoisotopic (exact) mass is 623 g/mol. The number of rotatable bonds is 4. The molecule has 0 radical (unpaired) electrons. The van der Waals surface area contributed by atoms with Gasteiger partial charge in [-0.2, -0.15) is 0 Å². The minimum absolute atomic E-state index is 0.219. The zero-order chi connectivity index (χ0) is 31.0. The first kappa shape index (κ1) is 31.0. The van der Waals surface area contributed by atoms with Gasteiger partial charge in [-0.05, 0) is 84.1 Å². The molecule has 4 aliphatic carbocycles. The van der Waals surface area contributed by atoms with Crippen LogP contribution in [-0.4, -0.2) is 23.1 Å². The predicted octanol–water partition coefficient (Wildman–Crippen LogP) is 9.65. The fourth-order valence-corrected chi connectivity index (χ4v) is 9.12. The summed E-state index contributed by atoms with van der Waals surface area (Å²) in [6.07, 6.45) is 24.2. The van der Waals surface area contributed by atoms with Crippen LogP contribution in [0, 0.1) is 0 Å². The summed E-state index contributed by atoms with van der Waals surface area (Å²) in [7, 11) is -6.00. The van der Waals surface area contributed by atoms with E-state index >= 15 is 0 Å². The lowest BCUT2D eigenvalue weighted by Crippen LogP contribution is -2.51. The Morgan fingerprint density at radius 1 is 0.711 bits per heavy atom. The van der Waals surface area contributed by atoms with Crippen LogP contribution in [0.4, 0.5) is 17.3 Å². The van der Waals surface area contributed by atoms with Crippen LogP contribution in [0.1, 0.15) is 154 Å². The van der Waals surface area contributed by atoms with Crippen LogP contribution < -0.4 is 4.57 Å². The second-order valence-electron chi connectivity index (χ2n) is 14.1. The fourth-order valence-electron chi connectivity index (χ4n) is 9.12. The van der Waals surface area contributed by atoms with Gasteiger partial charge in [0.05, 0.1) is 0 Å². The molecule has 0 N–H and O–H groups in total. The fraction of sp³-hybridized carbons (Fsp3) is 0.611. The summed E-state index contributed by atoms with van der Waals surface area (Å²) in [5, 5.41) is 5.36. The number of hydrogen-bond donors (Lipinski definition) is 0. The Morgan fingerprint density at radius 2 is 1.24 bits per heavy atom. The van der Waals surface area contributed by atoms with Crippen molar-refractivity contribution in [3.05, 3.63) is 76.4 Å². The highest BCUT2D eigenvalue weighted by molar-refractivity contribution is 6.50. The molecule has 0 saturated heterocycles. The largest absolute Gasteiger partial charge is 0.673 e. The van der Waals surface area contributed by atoms with Crippen LogP contribution in [0.3, 0.4) is 0 Å². The van der Waals surface area contributed by atoms with Gasteiger partial charge in [0.1, 0.15) is 24.4 Å². The van der Waals surface area contributed by atoms with Crippen molar-refractivity contribution in [3.8, 4) is 5.69 Å². The molecule has 45 heavy (non-hydrogen) atoms. The second kappa shape index (κ2) is 13.2. The van der Waals surface area contributed by atoms with Crippen LogP contribution in [0.2, 0.25) is 0 Å². The Bertz CT molecular complexity index is 1430. The number of benzene rings is 2. The molecule has 3 aromatic rings. The lowest BCUT2D eigenvalue weighted by atomic mass is 9.75. The van der Waals surface area contributed by atoms with E-state index in [1.165, 1.54) is 113 Å². The maximum Gasteiger partial charge on any atom is 0.673 e. The van der Waals surface area contributed by atoms with E-state index in [4.69, 9.17) is 9.84 Å². The average Bonchev–Trinajstić information content (AvgIpc) is 3.66. The molecule has 2 atom stereocenters. The molecule has 2 heterocycles. The summed E-state index contributed by atoms with van der Waals surface area (Å²) in [5.41, 5.74) is 9.20. The van der Waals surface area contributed by atoms with Gasteiger partial charge in [0.15, 0.2) is 0 Å². The van der Waals surface area contributed by atoms with E-state index < -0.39 is 7.25 Å². The Labute approximate surface area is 264 Å². The van der Waals surface area contributed by atoms with Crippen molar-refractivity contribution >= 4 is 7.25 Å². The van der Waals surface area contributed by atoms with Crippen molar-refractivity contribution in [3.63, 3.8) is 0 Å². The molecule has 9 heteroatoms. The third-order valence-corrected chi connectivity index (χ3v) is 11.2. The quantitative estimate of drug-likeness (QED) is 0.165. The highest BCUT2D eigenvalue weighted by atomic mass is 19.5. The third kappa shape index (κ3) is 6.75. The molecular formula is C36H46BF4N3O. The van der Waals surface area contributed by atoms with Crippen LogP contribution in [0.5, 0.6) is 0 Å². The SMILES string of the molecule is F[B-](F)(F)F.c1ccc2c(c1)C[C@H]1OCc3nn(-c4c(C5CCCCC5)cc(C5CCCCC5)cc4C4CCCCC4)c[n+]3[C@@H]21. The van der Waals surface area contributed by atoms with Crippen molar-refractivity contribution in [2.45, 2.75) is 139 Å². The van der Waals surface area contributed by atoms with E-state index in [-0.39, 0.29) is 12.1 Å². The van der Waals surface area contributed by atoms with Crippen LogP contribution in [0.25, 0.3) is 5.69 Å². The number of fused-ring (bicyclic) bond motifs is 5. The van der Waals surface area contributed by atoms with Gasteiger partial charge in [0.2, 0.25) is 6.33 Å². The summed E-state index contributed by atoms with van der Waals surface area (Å²) in [4.78, 5) is 0. The highest BCUT2D eigenvalue weighted by Crippen LogP contribution is 2.45. The molecule has 2 aromatic carbocycles. The Hall–Kier alpha value is -2.68. The van der Waals surface area contributed by atoms with E-state index in [1.807, 2.05) is 0 Å². The molecule has 3 fully saturated rings. The summed E-state index contributed by atoms with van der Waals surface area (Å²) in [5.74, 6) is 3.16. The van der Waals surface area contributed by atoms with Gasteiger partial charge in [-0.25, -0.2) is 4.57 Å². The first-order valence-corrected chi connectivity index (χ1v) is 17.6. The number of ether oxygens (including phenoxy) is 1. The number of halogens is 4. The Balaban J connectivity index is 0.000000606. The van der Waals surface area contributed by atoms with Crippen LogP contribution >= 0.6 is 0 Å².